The molecule has 1 aromatic rings. The van der Waals surface area contributed by atoms with Crippen molar-refractivity contribution in [2.75, 3.05) is 7.11 Å². The molecule has 1 aromatic carbocycles. The molecule has 0 radical (unpaired) electrons. The number of ether oxygens (including phenoxy) is 1. The fourth-order valence-corrected chi connectivity index (χ4v) is 5.16. The molecule has 3 nitrogen and oxygen atoms in total. The van der Waals surface area contributed by atoms with Crippen molar-refractivity contribution in [1.82, 2.24) is 0 Å². The summed E-state index contributed by atoms with van der Waals surface area (Å²) in [5.41, 5.74) is 3.32. The van der Waals surface area contributed by atoms with Crippen LogP contribution in [0.25, 0.3) is 6.08 Å². The summed E-state index contributed by atoms with van der Waals surface area (Å²) in [5, 5.41) is 0.153. The molecule has 0 heterocycles. The maximum Gasteiger partial charge on any atom is 0.250 e. The maximum atomic E-state index is 6.42. The summed E-state index contributed by atoms with van der Waals surface area (Å²) < 4.78 is 18.0. The highest BCUT2D eigenvalue weighted by atomic mass is 28.4. The zero-order valence-electron chi connectivity index (χ0n) is 17.7. The molecule has 0 atom stereocenters. The molecular formula is C20H36O3Si2. The van der Waals surface area contributed by atoms with E-state index in [0.717, 1.165) is 17.1 Å². The van der Waals surface area contributed by atoms with Gasteiger partial charge < -0.3 is 13.6 Å². The minimum Gasteiger partial charge on any atom is -0.541 e. The molecular weight excluding hydrogens is 344 g/mol. The second-order valence-electron chi connectivity index (χ2n) is 8.88. The van der Waals surface area contributed by atoms with Gasteiger partial charge in [-0.05, 0) is 62.8 Å². The van der Waals surface area contributed by atoms with Crippen LogP contribution in [0, 0.1) is 0 Å². The van der Waals surface area contributed by atoms with Gasteiger partial charge in [0.25, 0.3) is 8.32 Å². The lowest BCUT2D eigenvalue weighted by Crippen LogP contribution is -2.43. The van der Waals surface area contributed by atoms with Gasteiger partial charge in [0.2, 0.25) is 8.32 Å². The van der Waals surface area contributed by atoms with Crippen molar-refractivity contribution in [2.45, 2.75) is 71.9 Å². The predicted octanol–water partition coefficient (Wildman–Crippen LogP) is 6.26. The minimum atomic E-state index is -1.89. The summed E-state index contributed by atoms with van der Waals surface area (Å²) in [6.45, 7) is 19.8. The lowest BCUT2D eigenvalue weighted by atomic mass is 10.2. The van der Waals surface area contributed by atoms with Gasteiger partial charge in [-0.15, -0.1) is 0 Å². The van der Waals surface area contributed by atoms with Crippen LogP contribution in [0.1, 0.15) is 40.2 Å². The molecule has 0 aliphatic rings. The highest BCUT2D eigenvalue weighted by Crippen LogP contribution is 2.40. The third kappa shape index (κ3) is 6.64. The number of hydrogen-bond donors (Lipinski definition) is 0. The van der Waals surface area contributed by atoms with Crippen molar-refractivity contribution in [3.05, 3.63) is 29.5 Å². The van der Waals surface area contributed by atoms with Crippen molar-refractivity contribution < 1.29 is 13.6 Å². The van der Waals surface area contributed by atoms with Crippen LogP contribution in [0.5, 0.6) is 11.5 Å². The SMILES string of the molecule is COc1cc(/C=C/[Si](C)(C)OC(C)C)ccc1O[Si](C)(C)C(C)(C)C. The molecule has 0 saturated heterocycles. The molecule has 0 N–H and O–H groups in total. The van der Waals surface area contributed by atoms with Crippen LogP contribution in [0.3, 0.4) is 0 Å². The van der Waals surface area contributed by atoms with Crippen LogP contribution in [0.4, 0.5) is 0 Å². The minimum absolute atomic E-state index is 0.153. The first kappa shape index (κ1) is 22.0. The van der Waals surface area contributed by atoms with Crippen molar-refractivity contribution in [2.24, 2.45) is 0 Å². The predicted molar refractivity (Wildman–Crippen MR) is 114 cm³/mol. The summed E-state index contributed by atoms with van der Waals surface area (Å²) >= 11 is 0. The molecule has 142 valence electrons. The Hall–Kier alpha value is -1.05. The van der Waals surface area contributed by atoms with E-state index >= 15 is 0 Å². The normalized spacial score (nSPS) is 13.6. The second kappa shape index (κ2) is 8.10. The molecule has 0 bridgehead atoms. The largest absolute Gasteiger partial charge is 0.541 e. The van der Waals surface area contributed by atoms with Crippen LogP contribution < -0.4 is 9.16 Å². The van der Waals surface area contributed by atoms with E-state index in [9.17, 15) is 0 Å². The van der Waals surface area contributed by atoms with Gasteiger partial charge in [-0.3, -0.25) is 0 Å². The zero-order valence-corrected chi connectivity index (χ0v) is 19.7. The first-order valence-electron chi connectivity index (χ1n) is 9.01. The van der Waals surface area contributed by atoms with E-state index in [1.807, 2.05) is 12.1 Å². The van der Waals surface area contributed by atoms with Crippen molar-refractivity contribution in [3.63, 3.8) is 0 Å². The third-order valence-electron chi connectivity index (χ3n) is 4.58. The Morgan fingerprint density at radius 2 is 1.60 bits per heavy atom. The van der Waals surface area contributed by atoms with Gasteiger partial charge in [-0.2, -0.15) is 0 Å². The summed E-state index contributed by atoms with van der Waals surface area (Å²) in [6, 6.07) is 6.15. The Bertz CT molecular complexity index is 599. The van der Waals surface area contributed by atoms with E-state index in [4.69, 9.17) is 13.6 Å². The molecule has 0 amide bonds. The van der Waals surface area contributed by atoms with Crippen molar-refractivity contribution in [1.29, 1.82) is 0 Å². The molecule has 0 unspecified atom stereocenters. The van der Waals surface area contributed by atoms with E-state index in [1.54, 1.807) is 7.11 Å². The van der Waals surface area contributed by atoms with Crippen LogP contribution in [0.15, 0.2) is 23.9 Å². The standard InChI is InChI=1S/C20H36O3Si2/c1-16(2)22-24(7,8)14-13-17-11-12-18(19(15-17)21-6)23-25(9,10)20(3,4)5/h11-16H,1-10H3/b14-13+. The number of rotatable bonds is 7. The number of methoxy groups -OCH3 is 1. The lowest BCUT2D eigenvalue weighted by Gasteiger charge is -2.36. The first-order valence-corrected chi connectivity index (χ1v) is 14.9. The Kier molecular flexibility index (Phi) is 7.13. The number of hydrogen-bond acceptors (Lipinski definition) is 3. The average Bonchev–Trinajstić information content (AvgIpc) is 2.43. The van der Waals surface area contributed by atoms with Crippen molar-refractivity contribution >= 4 is 22.7 Å². The fourth-order valence-electron chi connectivity index (χ4n) is 2.24. The quantitative estimate of drug-likeness (QED) is 0.522. The smallest absolute Gasteiger partial charge is 0.250 e. The van der Waals surface area contributed by atoms with Crippen molar-refractivity contribution in [3.8, 4) is 11.5 Å². The average molecular weight is 381 g/mol. The molecule has 0 aromatic heterocycles. The molecule has 0 spiro atoms. The van der Waals surface area contributed by atoms with E-state index in [1.165, 1.54) is 0 Å². The van der Waals surface area contributed by atoms with Gasteiger partial charge in [0.1, 0.15) is 5.75 Å². The molecule has 0 aliphatic carbocycles. The summed E-state index contributed by atoms with van der Waals surface area (Å²) in [4.78, 5) is 0. The Balaban J connectivity index is 3.03. The van der Waals surface area contributed by atoms with Gasteiger partial charge >= 0.3 is 0 Å². The molecule has 25 heavy (non-hydrogen) atoms. The molecule has 0 fully saturated rings. The molecule has 0 saturated carbocycles. The maximum absolute atomic E-state index is 6.42. The van der Waals surface area contributed by atoms with Crippen LogP contribution in [-0.4, -0.2) is 29.8 Å². The van der Waals surface area contributed by atoms with Gasteiger partial charge in [-0.1, -0.05) is 38.6 Å². The fraction of sp³-hybridized carbons (Fsp3) is 0.600. The van der Waals surface area contributed by atoms with Gasteiger partial charge in [0, 0.05) is 6.10 Å². The zero-order chi connectivity index (χ0) is 19.5. The molecule has 0 aliphatic heterocycles. The Morgan fingerprint density at radius 1 is 1.00 bits per heavy atom. The second-order valence-corrected chi connectivity index (χ2v) is 17.4. The summed E-state index contributed by atoms with van der Waals surface area (Å²) in [6.07, 6.45) is 2.38. The third-order valence-corrected chi connectivity index (χ3v) is 11.0. The van der Waals surface area contributed by atoms with Gasteiger partial charge in [0.05, 0.1) is 7.11 Å². The highest BCUT2D eigenvalue weighted by Gasteiger charge is 2.39. The lowest BCUT2D eigenvalue weighted by molar-refractivity contribution is 0.238. The summed E-state index contributed by atoms with van der Waals surface area (Å²) in [7, 11) is -1.99. The topological polar surface area (TPSA) is 27.7 Å². The van der Waals surface area contributed by atoms with E-state index < -0.39 is 16.6 Å². The molecule has 1 rings (SSSR count). The van der Waals surface area contributed by atoms with E-state index in [-0.39, 0.29) is 11.1 Å². The Morgan fingerprint density at radius 3 is 2.08 bits per heavy atom. The monoisotopic (exact) mass is 380 g/mol. The first-order chi connectivity index (χ1) is 11.3. The van der Waals surface area contributed by atoms with Crippen LogP contribution in [-0.2, 0) is 4.43 Å². The van der Waals surface area contributed by atoms with E-state index in [0.29, 0.717) is 0 Å². The van der Waals surface area contributed by atoms with E-state index in [2.05, 4.69) is 78.6 Å². The van der Waals surface area contributed by atoms with Crippen LogP contribution in [0.2, 0.25) is 31.2 Å². The van der Waals surface area contributed by atoms with Gasteiger partial charge in [-0.25, -0.2) is 0 Å². The number of benzene rings is 1. The Labute approximate surface area is 156 Å². The summed E-state index contributed by atoms with van der Waals surface area (Å²) in [5.74, 6) is 1.62. The van der Waals surface area contributed by atoms with Gasteiger partial charge in [0.15, 0.2) is 5.75 Å². The molecule has 5 heteroatoms. The van der Waals surface area contributed by atoms with Crippen LogP contribution >= 0.6 is 0 Å². The highest BCUT2D eigenvalue weighted by molar-refractivity contribution is 6.77.